The minimum atomic E-state index is -3.82. The molecule has 2 rings (SSSR count). The van der Waals surface area contributed by atoms with E-state index in [0.29, 0.717) is 22.7 Å². The molecule has 6 nitrogen and oxygen atoms in total. The molecule has 1 heterocycles. The number of anilines is 1. The van der Waals surface area contributed by atoms with Gasteiger partial charge in [0.1, 0.15) is 0 Å². The van der Waals surface area contributed by atoms with Gasteiger partial charge in [0.2, 0.25) is 5.95 Å². The highest BCUT2D eigenvalue weighted by Crippen LogP contribution is 2.16. The molecule has 2 N–H and O–H groups in total. The van der Waals surface area contributed by atoms with Crippen molar-refractivity contribution in [2.24, 2.45) is 0 Å². The van der Waals surface area contributed by atoms with Crippen LogP contribution in [0.25, 0.3) is 0 Å². The molecule has 1 aromatic carbocycles. The number of halogens is 1. The third kappa shape index (κ3) is 3.43. The van der Waals surface area contributed by atoms with Crippen LogP contribution >= 0.6 is 11.6 Å². The van der Waals surface area contributed by atoms with E-state index in [4.69, 9.17) is 11.6 Å². The Kier molecular flexibility index (Phi) is 4.34. The lowest BCUT2D eigenvalue weighted by Gasteiger charge is -2.09. The van der Waals surface area contributed by atoms with Gasteiger partial charge in [-0.15, -0.1) is 0 Å². The highest BCUT2D eigenvalue weighted by Gasteiger charge is 2.16. The van der Waals surface area contributed by atoms with Crippen LogP contribution in [0.4, 0.5) is 5.95 Å². The zero-order valence-electron chi connectivity index (χ0n) is 11.5. The number of hydrogen-bond donors (Lipinski definition) is 2. The largest absolute Gasteiger partial charge is 0.292 e. The quantitative estimate of drug-likeness (QED) is 0.899. The maximum atomic E-state index is 12.2. The molecule has 8 heteroatoms. The van der Waals surface area contributed by atoms with E-state index in [9.17, 15) is 13.2 Å². The summed E-state index contributed by atoms with van der Waals surface area (Å²) in [4.78, 5) is 18.3. The molecule has 0 aliphatic rings. The van der Waals surface area contributed by atoms with Gasteiger partial charge >= 0.3 is 0 Å². The van der Waals surface area contributed by atoms with Gasteiger partial charge in [-0.25, -0.2) is 18.1 Å². The summed E-state index contributed by atoms with van der Waals surface area (Å²) < 4.78 is 26.6. The van der Waals surface area contributed by atoms with E-state index in [1.165, 1.54) is 24.3 Å². The number of hydrogen-bond acceptors (Lipinski definition) is 4. The number of aromatic amines is 1. The molecular formula is C13H14ClN3O3S. The van der Waals surface area contributed by atoms with Crippen molar-refractivity contribution in [1.29, 1.82) is 0 Å². The normalized spacial score (nSPS) is 11.4. The molecule has 1 aromatic heterocycles. The third-order valence-electron chi connectivity index (χ3n) is 2.93. The van der Waals surface area contributed by atoms with Crippen LogP contribution in [0.15, 0.2) is 34.0 Å². The second-order valence-electron chi connectivity index (χ2n) is 4.39. The number of H-pyrrole nitrogens is 1. The predicted octanol–water partition coefficient (Wildman–Crippen LogP) is 2.09. The first-order chi connectivity index (χ1) is 9.83. The molecule has 0 saturated carbocycles. The number of sulfonamides is 1. The van der Waals surface area contributed by atoms with Gasteiger partial charge in [0.15, 0.2) is 0 Å². The number of nitrogens with zero attached hydrogens (tertiary/aromatic N) is 1. The molecule has 0 amide bonds. The summed E-state index contributed by atoms with van der Waals surface area (Å²) in [5.41, 5.74) is 0.679. The fourth-order valence-corrected chi connectivity index (χ4v) is 2.96. The lowest BCUT2D eigenvalue weighted by molar-refractivity contribution is 0.600. The fourth-order valence-electron chi connectivity index (χ4n) is 1.88. The first kappa shape index (κ1) is 15.5. The van der Waals surface area contributed by atoms with E-state index in [2.05, 4.69) is 14.7 Å². The highest BCUT2D eigenvalue weighted by atomic mass is 35.5. The Bertz CT molecular complexity index is 814. The Hall–Kier alpha value is -1.86. The van der Waals surface area contributed by atoms with Crippen LogP contribution in [0.1, 0.15) is 18.2 Å². The molecule has 0 unspecified atom stereocenters. The van der Waals surface area contributed by atoms with Gasteiger partial charge in [0.05, 0.1) is 4.90 Å². The number of rotatable bonds is 4. The minimum absolute atomic E-state index is 0.0340. The highest BCUT2D eigenvalue weighted by molar-refractivity contribution is 7.92. The Morgan fingerprint density at radius 2 is 1.90 bits per heavy atom. The van der Waals surface area contributed by atoms with Crippen molar-refractivity contribution in [3.05, 3.63) is 50.9 Å². The lowest BCUT2D eigenvalue weighted by atomic mass is 10.2. The van der Waals surface area contributed by atoms with E-state index in [1.54, 1.807) is 6.92 Å². The van der Waals surface area contributed by atoms with Gasteiger partial charge in [0.25, 0.3) is 15.6 Å². The maximum absolute atomic E-state index is 12.2. The molecule has 21 heavy (non-hydrogen) atoms. The molecule has 0 saturated heterocycles. The molecule has 0 radical (unpaired) electrons. The Balaban J connectivity index is 2.37. The van der Waals surface area contributed by atoms with E-state index in [-0.39, 0.29) is 16.4 Å². The van der Waals surface area contributed by atoms with Gasteiger partial charge in [-0.2, -0.15) is 0 Å². The summed E-state index contributed by atoms with van der Waals surface area (Å²) in [5.74, 6) is -0.107. The van der Waals surface area contributed by atoms with Crippen LogP contribution in [-0.2, 0) is 16.4 Å². The Labute approximate surface area is 127 Å². The predicted molar refractivity (Wildman–Crippen MR) is 81.2 cm³/mol. The van der Waals surface area contributed by atoms with Gasteiger partial charge in [0, 0.05) is 16.3 Å². The smallest absolute Gasteiger partial charge is 0.264 e. The summed E-state index contributed by atoms with van der Waals surface area (Å²) in [7, 11) is -3.82. The molecule has 0 spiro atoms. The molecule has 0 bridgehead atoms. The summed E-state index contributed by atoms with van der Waals surface area (Å²) in [5, 5.41) is 0.434. The maximum Gasteiger partial charge on any atom is 0.264 e. The number of aromatic nitrogens is 2. The van der Waals surface area contributed by atoms with Crippen molar-refractivity contribution in [3.8, 4) is 0 Å². The van der Waals surface area contributed by atoms with E-state index in [1.807, 2.05) is 6.92 Å². The second-order valence-corrected chi connectivity index (χ2v) is 6.51. The standard InChI is InChI=1S/C13H14ClN3O3S/c1-3-11-8(2)15-13(16-12(11)18)17-21(19,20)10-6-4-9(14)5-7-10/h4-7H,3H2,1-2H3,(H2,15,16,17,18). The van der Waals surface area contributed by atoms with Crippen molar-refractivity contribution in [2.45, 2.75) is 25.2 Å². The summed E-state index contributed by atoms with van der Waals surface area (Å²) in [6, 6.07) is 5.68. The fraction of sp³-hybridized carbons (Fsp3) is 0.231. The molecule has 0 aliphatic carbocycles. The molecule has 2 aromatic rings. The molecular weight excluding hydrogens is 314 g/mol. The van der Waals surface area contributed by atoms with Gasteiger partial charge in [-0.3, -0.25) is 9.78 Å². The van der Waals surface area contributed by atoms with Crippen molar-refractivity contribution in [3.63, 3.8) is 0 Å². The summed E-state index contributed by atoms with van der Waals surface area (Å²) in [6.07, 6.45) is 0.526. The second kappa shape index (κ2) is 5.87. The SMILES string of the molecule is CCc1c(C)nc(NS(=O)(=O)c2ccc(Cl)cc2)[nH]c1=O. The molecule has 0 aliphatic heterocycles. The average Bonchev–Trinajstić information content (AvgIpc) is 2.38. The first-order valence-corrected chi connectivity index (χ1v) is 8.08. The zero-order valence-corrected chi connectivity index (χ0v) is 13.0. The number of aryl methyl sites for hydroxylation is 1. The number of benzene rings is 1. The van der Waals surface area contributed by atoms with E-state index < -0.39 is 10.0 Å². The summed E-state index contributed by atoms with van der Waals surface area (Å²) >= 11 is 5.72. The van der Waals surface area contributed by atoms with Crippen molar-refractivity contribution in [2.75, 3.05) is 4.72 Å². The van der Waals surface area contributed by atoms with Gasteiger partial charge in [-0.05, 0) is 37.6 Å². The van der Waals surface area contributed by atoms with Crippen molar-refractivity contribution >= 4 is 27.6 Å². The minimum Gasteiger partial charge on any atom is -0.292 e. The van der Waals surface area contributed by atoms with Crippen LogP contribution in [0.3, 0.4) is 0 Å². The number of nitrogens with one attached hydrogen (secondary N) is 2. The van der Waals surface area contributed by atoms with Crippen LogP contribution < -0.4 is 10.3 Å². The Morgan fingerprint density at radius 1 is 1.29 bits per heavy atom. The summed E-state index contributed by atoms with van der Waals surface area (Å²) in [6.45, 7) is 3.49. The van der Waals surface area contributed by atoms with Crippen LogP contribution in [-0.4, -0.2) is 18.4 Å². The van der Waals surface area contributed by atoms with Crippen molar-refractivity contribution in [1.82, 2.24) is 9.97 Å². The monoisotopic (exact) mass is 327 g/mol. The lowest BCUT2D eigenvalue weighted by Crippen LogP contribution is -2.22. The molecule has 0 atom stereocenters. The zero-order chi connectivity index (χ0) is 15.6. The Morgan fingerprint density at radius 3 is 2.43 bits per heavy atom. The van der Waals surface area contributed by atoms with Crippen LogP contribution in [0.2, 0.25) is 5.02 Å². The van der Waals surface area contributed by atoms with Gasteiger partial charge in [-0.1, -0.05) is 18.5 Å². The van der Waals surface area contributed by atoms with Crippen LogP contribution in [0, 0.1) is 6.92 Å². The van der Waals surface area contributed by atoms with Crippen molar-refractivity contribution < 1.29 is 8.42 Å². The average molecular weight is 328 g/mol. The third-order valence-corrected chi connectivity index (χ3v) is 4.54. The topological polar surface area (TPSA) is 91.9 Å². The van der Waals surface area contributed by atoms with E-state index >= 15 is 0 Å². The first-order valence-electron chi connectivity index (χ1n) is 6.21. The van der Waals surface area contributed by atoms with E-state index in [0.717, 1.165) is 0 Å². The molecule has 112 valence electrons. The van der Waals surface area contributed by atoms with Crippen LogP contribution in [0.5, 0.6) is 0 Å². The molecule has 0 fully saturated rings. The van der Waals surface area contributed by atoms with Gasteiger partial charge < -0.3 is 0 Å².